The normalized spacial score (nSPS) is 10.7. The van der Waals surface area contributed by atoms with Crippen LogP contribution in [0.25, 0.3) is 0 Å². The van der Waals surface area contributed by atoms with Crippen LogP contribution in [0.5, 0.6) is 5.75 Å². The number of rotatable bonds is 9. The Kier molecular flexibility index (Phi) is 7.15. The summed E-state index contributed by atoms with van der Waals surface area (Å²) in [7, 11) is 1.62. The van der Waals surface area contributed by atoms with Gasteiger partial charge in [-0.2, -0.15) is 0 Å². The highest BCUT2D eigenvalue weighted by atomic mass is 16.5. The molecular weight excluding hydrogens is 242 g/mol. The monoisotopic (exact) mass is 265 g/mol. The average molecular weight is 265 g/mol. The van der Waals surface area contributed by atoms with Gasteiger partial charge in [0.1, 0.15) is 12.4 Å². The lowest BCUT2D eigenvalue weighted by Crippen LogP contribution is -2.25. The van der Waals surface area contributed by atoms with Crippen LogP contribution in [-0.4, -0.2) is 38.7 Å². The van der Waals surface area contributed by atoms with E-state index >= 15 is 0 Å². The van der Waals surface area contributed by atoms with Crippen LogP contribution in [0.1, 0.15) is 30.6 Å². The number of nitrogens with one attached hydrogen (secondary N) is 1. The van der Waals surface area contributed by atoms with Gasteiger partial charge < -0.3 is 14.8 Å². The lowest BCUT2D eigenvalue weighted by Gasteiger charge is -2.11. The van der Waals surface area contributed by atoms with E-state index in [1.165, 1.54) is 0 Å². The number of hydrogen-bond acceptors (Lipinski definition) is 4. The largest absolute Gasteiger partial charge is 0.490 e. The minimum absolute atomic E-state index is 0.0983. The zero-order valence-corrected chi connectivity index (χ0v) is 11.9. The van der Waals surface area contributed by atoms with E-state index in [4.69, 9.17) is 9.47 Å². The Morgan fingerprint density at radius 1 is 1.26 bits per heavy atom. The molecule has 0 unspecified atom stereocenters. The first-order valence-electron chi connectivity index (χ1n) is 6.62. The molecule has 4 nitrogen and oxygen atoms in total. The molecule has 0 bridgehead atoms. The van der Waals surface area contributed by atoms with Crippen LogP contribution in [0.2, 0.25) is 0 Å². The van der Waals surface area contributed by atoms with Crippen molar-refractivity contribution in [1.29, 1.82) is 0 Å². The van der Waals surface area contributed by atoms with Gasteiger partial charge >= 0.3 is 0 Å². The number of carbonyl (C=O) groups is 1. The van der Waals surface area contributed by atoms with Crippen molar-refractivity contribution in [1.82, 2.24) is 5.32 Å². The van der Waals surface area contributed by atoms with Gasteiger partial charge in [-0.15, -0.1) is 0 Å². The molecule has 0 aromatic heterocycles. The molecule has 1 N–H and O–H groups in total. The van der Waals surface area contributed by atoms with Crippen molar-refractivity contribution >= 4 is 5.78 Å². The van der Waals surface area contributed by atoms with Crippen molar-refractivity contribution in [3.05, 3.63) is 29.8 Å². The van der Waals surface area contributed by atoms with Crippen molar-refractivity contribution < 1.29 is 14.3 Å². The number of carbonyl (C=O) groups excluding carboxylic acids is 1. The van der Waals surface area contributed by atoms with E-state index in [2.05, 4.69) is 19.2 Å². The van der Waals surface area contributed by atoms with E-state index in [-0.39, 0.29) is 5.78 Å². The van der Waals surface area contributed by atoms with Gasteiger partial charge in [0.2, 0.25) is 0 Å². The Bertz CT molecular complexity index is 391. The Labute approximate surface area is 115 Å². The fourth-order valence-electron chi connectivity index (χ4n) is 1.67. The van der Waals surface area contributed by atoms with Gasteiger partial charge in [0, 0.05) is 26.1 Å². The van der Waals surface area contributed by atoms with Gasteiger partial charge in [0.25, 0.3) is 0 Å². The highest BCUT2D eigenvalue weighted by Crippen LogP contribution is 2.19. The molecule has 0 amide bonds. The summed E-state index contributed by atoms with van der Waals surface area (Å²) in [6, 6.07) is 7.73. The van der Waals surface area contributed by atoms with E-state index in [1.807, 2.05) is 18.2 Å². The Balaban J connectivity index is 2.57. The van der Waals surface area contributed by atoms with Crippen LogP contribution >= 0.6 is 0 Å². The molecule has 106 valence electrons. The zero-order valence-electron chi connectivity index (χ0n) is 11.9. The summed E-state index contributed by atoms with van der Waals surface area (Å²) in [4.78, 5) is 12.1. The highest BCUT2D eigenvalue weighted by Gasteiger charge is 2.11. The third-order valence-corrected chi connectivity index (χ3v) is 2.64. The Morgan fingerprint density at radius 2 is 2.00 bits per heavy atom. The fraction of sp³-hybridized carbons (Fsp3) is 0.533. The van der Waals surface area contributed by atoms with Gasteiger partial charge in [-0.25, -0.2) is 0 Å². The molecule has 0 atom stereocenters. The maximum atomic E-state index is 12.1. The molecule has 1 aromatic rings. The number of para-hydroxylation sites is 1. The number of benzene rings is 1. The molecule has 0 aliphatic heterocycles. The van der Waals surface area contributed by atoms with Gasteiger partial charge in [-0.05, 0) is 12.1 Å². The van der Waals surface area contributed by atoms with E-state index < -0.39 is 0 Å². The molecule has 0 radical (unpaired) electrons. The molecule has 0 spiro atoms. The topological polar surface area (TPSA) is 47.6 Å². The van der Waals surface area contributed by atoms with Gasteiger partial charge in [0.05, 0.1) is 12.2 Å². The van der Waals surface area contributed by atoms with Crippen LogP contribution in [0, 0.1) is 0 Å². The van der Waals surface area contributed by atoms with Crippen LogP contribution in [0.3, 0.4) is 0 Å². The third-order valence-electron chi connectivity index (χ3n) is 2.64. The second kappa shape index (κ2) is 8.67. The predicted molar refractivity (Wildman–Crippen MR) is 75.9 cm³/mol. The van der Waals surface area contributed by atoms with Gasteiger partial charge in [-0.1, -0.05) is 26.0 Å². The molecule has 1 aromatic carbocycles. The summed E-state index contributed by atoms with van der Waals surface area (Å²) in [5.74, 6) is 0.732. The molecule has 1 rings (SSSR count). The average Bonchev–Trinajstić information content (AvgIpc) is 2.39. The molecule has 19 heavy (non-hydrogen) atoms. The highest BCUT2D eigenvalue weighted by molar-refractivity contribution is 5.98. The van der Waals surface area contributed by atoms with Crippen LogP contribution < -0.4 is 10.1 Å². The number of hydrogen-bond donors (Lipinski definition) is 1. The fourth-order valence-corrected chi connectivity index (χ4v) is 1.67. The van der Waals surface area contributed by atoms with Gasteiger partial charge in [0.15, 0.2) is 5.78 Å². The van der Waals surface area contributed by atoms with Crippen molar-refractivity contribution in [2.24, 2.45) is 0 Å². The van der Waals surface area contributed by atoms with Crippen LogP contribution in [0.15, 0.2) is 24.3 Å². The Morgan fingerprint density at radius 3 is 2.68 bits per heavy atom. The second-order valence-corrected chi connectivity index (χ2v) is 4.62. The first-order chi connectivity index (χ1) is 9.15. The molecular formula is C15H23NO3. The SMILES string of the molecule is COCCOc1ccccc1C(=O)CCNC(C)C. The minimum Gasteiger partial charge on any atom is -0.490 e. The zero-order chi connectivity index (χ0) is 14.1. The summed E-state index contributed by atoms with van der Waals surface area (Å²) in [6.07, 6.45) is 0.475. The van der Waals surface area contributed by atoms with Crippen molar-refractivity contribution in [2.45, 2.75) is 26.3 Å². The molecule has 0 saturated heterocycles. The second-order valence-electron chi connectivity index (χ2n) is 4.62. The smallest absolute Gasteiger partial charge is 0.167 e. The minimum atomic E-state index is 0.0983. The summed E-state index contributed by atoms with van der Waals surface area (Å²) in [5, 5.41) is 3.24. The van der Waals surface area contributed by atoms with Crippen molar-refractivity contribution in [3.63, 3.8) is 0 Å². The molecule has 0 aliphatic rings. The summed E-state index contributed by atoms with van der Waals surface area (Å²) < 4.78 is 10.5. The number of ketones is 1. The molecule has 0 heterocycles. The Hall–Kier alpha value is -1.39. The van der Waals surface area contributed by atoms with E-state index in [1.54, 1.807) is 13.2 Å². The number of Topliss-reactive ketones (excluding diaryl/α,β-unsaturated/α-hetero) is 1. The molecule has 0 aliphatic carbocycles. The van der Waals surface area contributed by atoms with Crippen LogP contribution in [0.4, 0.5) is 0 Å². The third kappa shape index (κ3) is 5.85. The quantitative estimate of drug-likeness (QED) is 0.549. The van der Waals surface area contributed by atoms with E-state index in [0.29, 0.717) is 43.5 Å². The first-order valence-corrected chi connectivity index (χ1v) is 6.62. The summed E-state index contributed by atoms with van der Waals surface area (Å²) >= 11 is 0. The van der Waals surface area contributed by atoms with Crippen molar-refractivity contribution in [3.8, 4) is 5.75 Å². The lowest BCUT2D eigenvalue weighted by atomic mass is 10.1. The summed E-state index contributed by atoms with van der Waals surface area (Å²) in [5.41, 5.74) is 0.643. The number of ether oxygens (including phenoxy) is 2. The molecule has 4 heteroatoms. The van der Waals surface area contributed by atoms with E-state index in [9.17, 15) is 4.79 Å². The van der Waals surface area contributed by atoms with Crippen molar-refractivity contribution in [2.75, 3.05) is 26.9 Å². The maximum Gasteiger partial charge on any atom is 0.167 e. The summed E-state index contributed by atoms with van der Waals surface area (Å²) in [6.45, 7) is 5.77. The molecule has 0 fully saturated rings. The maximum absolute atomic E-state index is 12.1. The first kappa shape index (κ1) is 15.7. The predicted octanol–water partition coefficient (Wildman–Crippen LogP) is 2.28. The lowest BCUT2D eigenvalue weighted by molar-refractivity contribution is 0.0974. The molecule has 0 saturated carbocycles. The number of methoxy groups -OCH3 is 1. The van der Waals surface area contributed by atoms with Gasteiger partial charge in [-0.3, -0.25) is 4.79 Å². The standard InChI is InChI=1S/C15H23NO3/c1-12(2)16-9-8-14(17)13-6-4-5-7-15(13)19-11-10-18-3/h4-7,12,16H,8-11H2,1-3H3. The van der Waals surface area contributed by atoms with Crippen LogP contribution in [-0.2, 0) is 4.74 Å². The van der Waals surface area contributed by atoms with E-state index in [0.717, 1.165) is 0 Å².